The van der Waals surface area contributed by atoms with E-state index in [1.54, 1.807) is 49.6 Å². The lowest BCUT2D eigenvalue weighted by Crippen LogP contribution is -2.19. The molecule has 2 amide bonds. The van der Waals surface area contributed by atoms with Gasteiger partial charge in [0.1, 0.15) is 10.8 Å². The molecule has 3 aromatic rings. The van der Waals surface area contributed by atoms with Crippen molar-refractivity contribution in [3.63, 3.8) is 0 Å². The average Bonchev–Trinajstić information content (AvgIpc) is 3.16. The Morgan fingerprint density at radius 3 is 2.63 bits per heavy atom. The second-order valence-corrected chi connectivity index (χ2v) is 7.73. The van der Waals surface area contributed by atoms with E-state index >= 15 is 0 Å². The van der Waals surface area contributed by atoms with Crippen molar-refractivity contribution >= 4 is 57.7 Å². The summed E-state index contributed by atoms with van der Waals surface area (Å²) in [5.41, 5.74) is 3.44. The fraction of sp³-hybridized carbons (Fsp3) is 0.105. The van der Waals surface area contributed by atoms with Crippen LogP contribution >= 0.6 is 34.5 Å². The Bertz CT molecular complexity index is 1090. The molecule has 2 N–H and O–H groups in total. The quantitative estimate of drug-likeness (QED) is 0.409. The molecule has 0 aliphatic rings. The van der Waals surface area contributed by atoms with E-state index in [4.69, 9.17) is 27.9 Å². The highest BCUT2D eigenvalue weighted by atomic mass is 35.5. The number of nitrogens with zero attached hydrogens (tertiary/aromatic N) is 3. The number of nitrogens with one attached hydrogen (secondary N) is 2. The van der Waals surface area contributed by atoms with Gasteiger partial charge in [-0.3, -0.25) is 14.9 Å². The Hall–Kier alpha value is -3.01. The van der Waals surface area contributed by atoms with Gasteiger partial charge in [-0.25, -0.2) is 5.43 Å². The Morgan fingerprint density at radius 2 is 1.93 bits per heavy atom. The molecule has 3 rings (SSSR count). The predicted octanol–water partition coefficient (Wildman–Crippen LogP) is 3.80. The van der Waals surface area contributed by atoms with Gasteiger partial charge in [0.2, 0.25) is 11.0 Å². The van der Waals surface area contributed by atoms with Gasteiger partial charge in [-0.05, 0) is 36.4 Å². The number of methoxy groups -OCH3 is 1. The molecule has 0 saturated heterocycles. The Kier molecular flexibility index (Phi) is 7.34. The van der Waals surface area contributed by atoms with Crippen LogP contribution in [0.2, 0.25) is 10.0 Å². The summed E-state index contributed by atoms with van der Waals surface area (Å²) in [6.07, 6.45) is 1.37. The largest absolute Gasteiger partial charge is 0.497 e. The van der Waals surface area contributed by atoms with E-state index in [0.29, 0.717) is 31.9 Å². The summed E-state index contributed by atoms with van der Waals surface area (Å²) in [5, 5.41) is 15.9. The first-order chi connectivity index (χ1) is 14.4. The molecular weight excluding hydrogens is 449 g/mol. The molecule has 1 aromatic heterocycles. The number of halogens is 2. The first kappa shape index (κ1) is 21.7. The minimum absolute atomic E-state index is 0.0399. The Labute approximate surface area is 185 Å². The van der Waals surface area contributed by atoms with E-state index in [1.807, 2.05) is 0 Å². The Morgan fingerprint density at radius 1 is 1.17 bits per heavy atom. The number of ether oxygens (including phenoxy) is 1. The van der Waals surface area contributed by atoms with Crippen LogP contribution in [0.5, 0.6) is 5.75 Å². The lowest BCUT2D eigenvalue weighted by Gasteiger charge is -2.02. The lowest BCUT2D eigenvalue weighted by molar-refractivity contribution is -0.120. The third kappa shape index (κ3) is 5.99. The van der Waals surface area contributed by atoms with Crippen molar-refractivity contribution in [3.05, 3.63) is 68.6 Å². The summed E-state index contributed by atoms with van der Waals surface area (Å²) >= 11 is 13.0. The molecule has 154 valence electrons. The second-order valence-electron chi connectivity index (χ2n) is 5.82. The standard InChI is InChI=1S/C19H15Cl2N5O3S/c1-29-14-6-3-11(4-7-14)18(28)23-19-26-25-17(30-19)9-16(27)24-22-10-12-2-5-13(20)8-15(12)21/h2-8,10H,9H2,1H3,(H,24,27)(H,23,26,28). The zero-order valence-corrected chi connectivity index (χ0v) is 17.9. The van der Waals surface area contributed by atoms with Gasteiger partial charge in [0.15, 0.2) is 0 Å². The van der Waals surface area contributed by atoms with E-state index in [1.165, 1.54) is 6.21 Å². The highest BCUT2D eigenvalue weighted by molar-refractivity contribution is 7.15. The molecule has 0 bridgehead atoms. The van der Waals surface area contributed by atoms with Gasteiger partial charge in [0, 0.05) is 16.1 Å². The number of rotatable bonds is 7. The smallest absolute Gasteiger partial charge is 0.257 e. The molecular formula is C19H15Cl2N5O3S. The van der Waals surface area contributed by atoms with Crippen molar-refractivity contribution < 1.29 is 14.3 Å². The predicted molar refractivity (Wildman–Crippen MR) is 117 cm³/mol. The minimum atomic E-state index is -0.388. The highest BCUT2D eigenvalue weighted by Gasteiger charge is 2.12. The van der Waals surface area contributed by atoms with Crippen molar-refractivity contribution in [2.75, 3.05) is 12.4 Å². The van der Waals surface area contributed by atoms with Gasteiger partial charge >= 0.3 is 0 Å². The average molecular weight is 464 g/mol. The van der Waals surface area contributed by atoms with Crippen LogP contribution in [0, 0.1) is 0 Å². The molecule has 0 fully saturated rings. The van der Waals surface area contributed by atoms with Crippen LogP contribution in [0.4, 0.5) is 5.13 Å². The van der Waals surface area contributed by atoms with Gasteiger partial charge in [-0.1, -0.05) is 40.6 Å². The third-order valence-corrected chi connectivity index (χ3v) is 5.11. The molecule has 0 radical (unpaired) electrons. The fourth-order valence-electron chi connectivity index (χ4n) is 2.24. The number of benzene rings is 2. The summed E-state index contributed by atoms with van der Waals surface area (Å²) in [6, 6.07) is 11.6. The number of hydrogen-bond donors (Lipinski definition) is 2. The van der Waals surface area contributed by atoms with Crippen molar-refractivity contribution in [3.8, 4) is 5.75 Å². The topological polar surface area (TPSA) is 106 Å². The van der Waals surface area contributed by atoms with E-state index < -0.39 is 0 Å². The van der Waals surface area contributed by atoms with Crippen LogP contribution in [0.1, 0.15) is 20.9 Å². The molecule has 11 heteroatoms. The summed E-state index contributed by atoms with van der Waals surface area (Å²) < 4.78 is 5.06. The molecule has 1 heterocycles. The normalized spacial score (nSPS) is 10.8. The van der Waals surface area contributed by atoms with Crippen LogP contribution in [-0.4, -0.2) is 35.3 Å². The highest BCUT2D eigenvalue weighted by Crippen LogP contribution is 2.20. The summed E-state index contributed by atoms with van der Waals surface area (Å²) in [4.78, 5) is 24.3. The molecule has 8 nitrogen and oxygen atoms in total. The summed E-state index contributed by atoms with van der Waals surface area (Å²) in [5.74, 6) is -0.0773. The van der Waals surface area contributed by atoms with Crippen molar-refractivity contribution in [1.82, 2.24) is 15.6 Å². The molecule has 0 spiro atoms. The number of carbonyl (C=O) groups is 2. The van der Waals surface area contributed by atoms with Crippen LogP contribution in [-0.2, 0) is 11.2 Å². The molecule has 0 aliphatic heterocycles. The van der Waals surface area contributed by atoms with Crippen LogP contribution in [0.3, 0.4) is 0 Å². The SMILES string of the molecule is COc1ccc(C(=O)Nc2nnc(CC(=O)NN=Cc3ccc(Cl)cc3Cl)s2)cc1. The van der Waals surface area contributed by atoms with E-state index in [0.717, 1.165) is 11.3 Å². The lowest BCUT2D eigenvalue weighted by atomic mass is 10.2. The van der Waals surface area contributed by atoms with Crippen LogP contribution in [0.25, 0.3) is 0 Å². The maximum absolute atomic E-state index is 12.2. The van der Waals surface area contributed by atoms with Crippen LogP contribution in [0.15, 0.2) is 47.6 Å². The molecule has 2 aromatic carbocycles. The van der Waals surface area contributed by atoms with Gasteiger partial charge < -0.3 is 4.74 Å². The van der Waals surface area contributed by atoms with Gasteiger partial charge in [-0.2, -0.15) is 5.10 Å². The van der Waals surface area contributed by atoms with Gasteiger partial charge in [-0.15, -0.1) is 10.2 Å². The number of hydrazone groups is 1. The van der Waals surface area contributed by atoms with E-state index in [2.05, 4.69) is 26.0 Å². The van der Waals surface area contributed by atoms with Gasteiger partial charge in [0.05, 0.1) is 24.8 Å². The first-order valence-corrected chi connectivity index (χ1v) is 10.1. The number of carbonyl (C=O) groups excluding carboxylic acids is 2. The summed E-state index contributed by atoms with van der Waals surface area (Å²) in [6.45, 7) is 0. The zero-order valence-electron chi connectivity index (χ0n) is 15.6. The van der Waals surface area contributed by atoms with Crippen molar-refractivity contribution in [1.29, 1.82) is 0 Å². The molecule has 30 heavy (non-hydrogen) atoms. The van der Waals surface area contributed by atoms with E-state index in [9.17, 15) is 9.59 Å². The fourth-order valence-corrected chi connectivity index (χ4v) is 3.43. The number of aromatic nitrogens is 2. The first-order valence-electron chi connectivity index (χ1n) is 8.49. The number of anilines is 1. The van der Waals surface area contributed by atoms with Crippen LogP contribution < -0.4 is 15.5 Å². The maximum Gasteiger partial charge on any atom is 0.257 e. The molecule has 0 saturated carbocycles. The number of amides is 2. The monoisotopic (exact) mass is 463 g/mol. The third-order valence-electron chi connectivity index (χ3n) is 3.71. The minimum Gasteiger partial charge on any atom is -0.497 e. The molecule has 0 atom stereocenters. The van der Waals surface area contributed by atoms with Crippen molar-refractivity contribution in [2.24, 2.45) is 5.10 Å². The van der Waals surface area contributed by atoms with E-state index in [-0.39, 0.29) is 23.4 Å². The second kappa shape index (κ2) is 10.1. The molecule has 0 unspecified atom stereocenters. The molecule has 0 aliphatic carbocycles. The van der Waals surface area contributed by atoms with Crippen molar-refractivity contribution in [2.45, 2.75) is 6.42 Å². The zero-order chi connectivity index (χ0) is 21.5. The van der Waals surface area contributed by atoms with Gasteiger partial charge in [0.25, 0.3) is 5.91 Å². The Balaban J connectivity index is 1.52. The number of hydrogen-bond acceptors (Lipinski definition) is 7. The maximum atomic E-state index is 12.2. The summed E-state index contributed by atoms with van der Waals surface area (Å²) in [7, 11) is 1.55.